The van der Waals surface area contributed by atoms with E-state index in [1.807, 2.05) is 25.1 Å². The van der Waals surface area contributed by atoms with E-state index in [0.717, 1.165) is 29.9 Å². The number of benzene rings is 2. The lowest BCUT2D eigenvalue weighted by Crippen LogP contribution is -2.38. The molecule has 1 aliphatic heterocycles. The zero-order chi connectivity index (χ0) is 20.8. The van der Waals surface area contributed by atoms with Crippen molar-refractivity contribution in [3.05, 3.63) is 64.2 Å². The Balaban J connectivity index is 2.06. The predicted molar refractivity (Wildman–Crippen MR) is 113 cm³/mol. The molecule has 7 heteroatoms. The summed E-state index contributed by atoms with van der Waals surface area (Å²) >= 11 is 6.32. The topological polar surface area (TPSA) is 67.9 Å². The SMILES string of the molecule is CCNC(=O)C(c1ccc(C(=O)OC)cc1)c1cc(Cl)ccc1N1CCOCC1. The lowest BCUT2D eigenvalue weighted by atomic mass is 9.88. The van der Waals surface area contributed by atoms with E-state index in [2.05, 4.69) is 10.2 Å². The fourth-order valence-electron chi connectivity index (χ4n) is 3.53. The molecule has 2 aromatic carbocycles. The molecule has 1 unspecified atom stereocenters. The van der Waals surface area contributed by atoms with E-state index in [1.54, 1.807) is 24.3 Å². The molecule has 0 saturated carbocycles. The van der Waals surface area contributed by atoms with Gasteiger partial charge in [0.25, 0.3) is 0 Å². The Morgan fingerprint density at radius 1 is 1.17 bits per heavy atom. The number of likely N-dealkylation sites (N-methyl/N-ethyl adjacent to an activating group) is 1. The monoisotopic (exact) mass is 416 g/mol. The zero-order valence-corrected chi connectivity index (χ0v) is 17.4. The normalized spacial score (nSPS) is 14.9. The number of methoxy groups -OCH3 is 1. The fourth-order valence-corrected chi connectivity index (χ4v) is 3.71. The molecule has 3 rings (SSSR count). The highest BCUT2D eigenvalue weighted by Gasteiger charge is 2.28. The Labute approximate surface area is 175 Å². The molecular weight excluding hydrogens is 392 g/mol. The van der Waals surface area contributed by atoms with Gasteiger partial charge >= 0.3 is 5.97 Å². The molecule has 29 heavy (non-hydrogen) atoms. The van der Waals surface area contributed by atoms with Crippen molar-refractivity contribution in [2.24, 2.45) is 0 Å². The molecule has 1 fully saturated rings. The molecule has 6 nitrogen and oxygen atoms in total. The minimum atomic E-state index is -0.557. The molecular formula is C22H25ClN2O4. The molecule has 1 aliphatic rings. The van der Waals surface area contributed by atoms with Crippen LogP contribution in [-0.2, 0) is 14.3 Å². The average Bonchev–Trinajstić information content (AvgIpc) is 2.75. The number of halogens is 1. The van der Waals surface area contributed by atoms with E-state index in [1.165, 1.54) is 7.11 Å². The number of hydrogen-bond donors (Lipinski definition) is 1. The van der Waals surface area contributed by atoms with Crippen LogP contribution in [0.1, 0.15) is 34.3 Å². The van der Waals surface area contributed by atoms with Gasteiger partial charge in [0.2, 0.25) is 5.91 Å². The number of esters is 1. The Kier molecular flexibility index (Phi) is 7.12. The van der Waals surface area contributed by atoms with Crippen LogP contribution in [0.4, 0.5) is 5.69 Å². The summed E-state index contributed by atoms with van der Waals surface area (Å²) in [5.41, 5.74) is 3.01. The highest BCUT2D eigenvalue weighted by molar-refractivity contribution is 6.30. The molecule has 1 heterocycles. The second-order valence-corrected chi connectivity index (χ2v) is 7.18. The first-order valence-corrected chi connectivity index (χ1v) is 10.0. The third-order valence-corrected chi connectivity index (χ3v) is 5.17. The smallest absolute Gasteiger partial charge is 0.337 e. The van der Waals surface area contributed by atoms with Gasteiger partial charge in [0.1, 0.15) is 0 Å². The van der Waals surface area contributed by atoms with Crippen molar-refractivity contribution < 1.29 is 19.1 Å². The number of nitrogens with zero attached hydrogens (tertiary/aromatic N) is 1. The van der Waals surface area contributed by atoms with E-state index in [9.17, 15) is 9.59 Å². The Bertz CT molecular complexity index is 864. The predicted octanol–water partition coefficient (Wildman–Crippen LogP) is 3.23. The number of ether oxygens (including phenoxy) is 2. The van der Waals surface area contributed by atoms with Gasteiger partial charge in [0.15, 0.2) is 0 Å². The molecule has 0 aliphatic carbocycles. The van der Waals surface area contributed by atoms with Crippen molar-refractivity contribution in [1.29, 1.82) is 0 Å². The standard InChI is InChI=1S/C22H25ClN2O4/c1-3-24-21(26)20(15-4-6-16(7-5-15)22(27)28-2)18-14-17(23)8-9-19(18)25-10-12-29-13-11-25/h4-9,14,20H,3,10-13H2,1-2H3,(H,24,26). The van der Waals surface area contributed by atoms with Gasteiger partial charge in [-0.3, -0.25) is 4.79 Å². The van der Waals surface area contributed by atoms with Crippen LogP contribution in [0.3, 0.4) is 0 Å². The van der Waals surface area contributed by atoms with Crippen LogP contribution < -0.4 is 10.2 Å². The molecule has 0 bridgehead atoms. The van der Waals surface area contributed by atoms with Crippen molar-refractivity contribution >= 4 is 29.2 Å². The van der Waals surface area contributed by atoms with Gasteiger partial charge < -0.3 is 19.7 Å². The maximum absolute atomic E-state index is 13.1. The average molecular weight is 417 g/mol. The molecule has 1 N–H and O–H groups in total. The number of nitrogens with one attached hydrogen (secondary N) is 1. The van der Waals surface area contributed by atoms with Gasteiger partial charge in [-0.1, -0.05) is 23.7 Å². The summed E-state index contributed by atoms with van der Waals surface area (Å²) in [7, 11) is 1.34. The molecule has 1 saturated heterocycles. The van der Waals surface area contributed by atoms with E-state index >= 15 is 0 Å². The number of amides is 1. The second kappa shape index (κ2) is 9.76. The highest BCUT2D eigenvalue weighted by atomic mass is 35.5. The fraction of sp³-hybridized carbons (Fsp3) is 0.364. The van der Waals surface area contributed by atoms with Gasteiger partial charge in [-0.15, -0.1) is 0 Å². The van der Waals surface area contributed by atoms with Crippen molar-refractivity contribution in [3.63, 3.8) is 0 Å². The van der Waals surface area contributed by atoms with Crippen molar-refractivity contribution in [3.8, 4) is 0 Å². The van der Waals surface area contributed by atoms with Crippen molar-refractivity contribution in [2.45, 2.75) is 12.8 Å². The number of hydrogen-bond acceptors (Lipinski definition) is 5. The van der Waals surface area contributed by atoms with Crippen molar-refractivity contribution in [2.75, 3.05) is 44.9 Å². The molecule has 2 aromatic rings. The minimum Gasteiger partial charge on any atom is -0.465 e. The number of morpholine rings is 1. The Hall–Kier alpha value is -2.57. The molecule has 1 atom stereocenters. The first kappa shape index (κ1) is 21.1. The van der Waals surface area contributed by atoms with Gasteiger partial charge in [-0.2, -0.15) is 0 Å². The summed E-state index contributed by atoms with van der Waals surface area (Å²) < 4.78 is 10.2. The summed E-state index contributed by atoms with van der Waals surface area (Å²) in [6.45, 7) is 5.18. The van der Waals surface area contributed by atoms with Gasteiger partial charge in [-0.25, -0.2) is 4.79 Å². The summed E-state index contributed by atoms with van der Waals surface area (Å²) in [5.74, 6) is -1.09. The van der Waals surface area contributed by atoms with Crippen molar-refractivity contribution in [1.82, 2.24) is 5.32 Å². The van der Waals surface area contributed by atoms with Gasteiger partial charge in [-0.05, 0) is 48.4 Å². The third-order valence-electron chi connectivity index (χ3n) is 4.93. The van der Waals surface area contributed by atoms with Crippen LogP contribution in [0.15, 0.2) is 42.5 Å². The zero-order valence-electron chi connectivity index (χ0n) is 16.6. The van der Waals surface area contributed by atoms with E-state index in [4.69, 9.17) is 21.1 Å². The minimum absolute atomic E-state index is 0.116. The van der Waals surface area contributed by atoms with Crippen LogP contribution in [0.5, 0.6) is 0 Å². The molecule has 0 spiro atoms. The maximum atomic E-state index is 13.1. The van der Waals surface area contributed by atoms with Gasteiger partial charge in [0, 0.05) is 30.3 Å². The number of carbonyl (C=O) groups is 2. The van der Waals surface area contributed by atoms with Crippen LogP contribution in [0, 0.1) is 0 Å². The number of rotatable bonds is 6. The van der Waals surface area contributed by atoms with Crippen LogP contribution in [0.25, 0.3) is 0 Å². The quantitative estimate of drug-likeness (QED) is 0.732. The number of anilines is 1. The first-order valence-electron chi connectivity index (χ1n) is 9.63. The first-order chi connectivity index (χ1) is 14.0. The van der Waals surface area contributed by atoms with E-state index in [0.29, 0.717) is 30.3 Å². The Morgan fingerprint density at radius 3 is 2.48 bits per heavy atom. The molecule has 0 radical (unpaired) electrons. The highest BCUT2D eigenvalue weighted by Crippen LogP contribution is 2.35. The third kappa shape index (κ3) is 4.89. The lowest BCUT2D eigenvalue weighted by molar-refractivity contribution is -0.121. The van der Waals surface area contributed by atoms with E-state index < -0.39 is 11.9 Å². The van der Waals surface area contributed by atoms with E-state index in [-0.39, 0.29) is 5.91 Å². The molecule has 1 amide bonds. The molecule has 0 aromatic heterocycles. The summed E-state index contributed by atoms with van der Waals surface area (Å²) in [6.07, 6.45) is 0. The summed E-state index contributed by atoms with van der Waals surface area (Å²) in [5, 5.41) is 3.49. The largest absolute Gasteiger partial charge is 0.465 e. The summed E-state index contributed by atoms with van der Waals surface area (Å²) in [4.78, 5) is 27.1. The Morgan fingerprint density at radius 2 is 1.86 bits per heavy atom. The van der Waals surface area contributed by atoms with Crippen LogP contribution >= 0.6 is 11.6 Å². The molecule has 154 valence electrons. The maximum Gasteiger partial charge on any atom is 0.337 e. The summed E-state index contributed by atoms with van der Waals surface area (Å²) in [6, 6.07) is 12.6. The van der Waals surface area contributed by atoms with Crippen LogP contribution in [-0.4, -0.2) is 51.8 Å². The lowest BCUT2D eigenvalue weighted by Gasteiger charge is -2.32. The number of carbonyl (C=O) groups excluding carboxylic acids is 2. The van der Waals surface area contributed by atoms with Gasteiger partial charge in [0.05, 0.1) is 31.8 Å². The van der Waals surface area contributed by atoms with Crippen LogP contribution in [0.2, 0.25) is 5.02 Å². The second-order valence-electron chi connectivity index (χ2n) is 6.74.